The number of rotatable bonds is 5. The van der Waals surface area contributed by atoms with Crippen LogP contribution < -0.4 is 10.6 Å². The highest BCUT2D eigenvalue weighted by atomic mass is 16.5. The summed E-state index contributed by atoms with van der Waals surface area (Å²) in [6, 6.07) is 0.251. The third-order valence-electron chi connectivity index (χ3n) is 2.54. The first kappa shape index (κ1) is 13.3. The minimum absolute atomic E-state index is 0.251. The fraction of sp³-hybridized carbons (Fsp3) is 0.909. The first-order valence-corrected chi connectivity index (χ1v) is 5.84. The molecule has 94 valence electrons. The van der Waals surface area contributed by atoms with Crippen molar-refractivity contribution in [3.8, 4) is 0 Å². The molecular formula is C11H23N3O2. The van der Waals surface area contributed by atoms with E-state index in [1.54, 1.807) is 14.2 Å². The molecule has 0 saturated carbocycles. The Morgan fingerprint density at radius 3 is 3.00 bits per heavy atom. The van der Waals surface area contributed by atoms with Crippen molar-refractivity contribution < 1.29 is 9.47 Å². The van der Waals surface area contributed by atoms with Gasteiger partial charge >= 0.3 is 0 Å². The zero-order valence-corrected chi connectivity index (χ0v) is 10.5. The van der Waals surface area contributed by atoms with Gasteiger partial charge in [-0.05, 0) is 19.8 Å². The van der Waals surface area contributed by atoms with E-state index in [1.165, 1.54) is 6.42 Å². The van der Waals surface area contributed by atoms with Crippen LogP contribution >= 0.6 is 0 Å². The van der Waals surface area contributed by atoms with Crippen LogP contribution in [0.2, 0.25) is 0 Å². The van der Waals surface area contributed by atoms with Crippen LogP contribution in [0.25, 0.3) is 0 Å². The van der Waals surface area contributed by atoms with Crippen molar-refractivity contribution in [2.45, 2.75) is 31.9 Å². The number of hydrogen-bond acceptors (Lipinski definition) is 3. The summed E-state index contributed by atoms with van der Waals surface area (Å²) in [6.45, 7) is 4.43. The largest absolute Gasteiger partial charge is 0.383 e. The predicted molar refractivity (Wildman–Crippen MR) is 64.8 cm³/mol. The van der Waals surface area contributed by atoms with E-state index in [0.29, 0.717) is 12.7 Å². The van der Waals surface area contributed by atoms with Crippen molar-refractivity contribution in [1.82, 2.24) is 10.6 Å². The third kappa shape index (κ3) is 4.81. The van der Waals surface area contributed by atoms with E-state index in [1.807, 2.05) is 0 Å². The number of hydrogen-bond donors (Lipinski definition) is 2. The third-order valence-corrected chi connectivity index (χ3v) is 2.54. The molecule has 0 radical (unpaired) electrons. The van der Waals surface area contributed by atoms with Crippen molar-refractivity contribution in [2.24, 2.45) is 4.99 Å². The maximum absolute atomic E-state index is 5.53. The van der Waals surface area contributed by atoms with Gasteiger partial charge in [0.05, 0.1) is 12.7 Å². The summed E-state index contributed by atoms with van der Waals surface area (Å²) in [5, 5.41) is 6.51. The Morgan fingerprint density at radius 1 is 1.62 bits per heavy atom. The van der Waals surface area contributed by atoms with Gasteiger partial charge in [0.25, 0.3) is 0 Å². The van der Waals surface area contributed by atoms with Crippen LogP contribution in [0, 0.1) is 0 Å². The van der Waals surface area contributed by atoms with E-state index >= 15 is 0 Å². The Balaban J connectivity index is 2.20. The van der Waals surface area contributed by atoms with Gasteiger partial charge in [-0.1, -0.05) is 0 Å². The van der Waals surface area contributed by atoms with Crippen LogP contribution in [0.3, 0.4) is 0 Å². The average molecular weight is 229 g/mol. The van der Waals surface area contributed by atoms with E-state index in [0.717, 1.165) is 25.5 Å². The normalized spacial score (nSPS) is 23.2. The number of guanidine groups is 1. The summed E-state index contributed by atoms with van der Waals surface area (Å²) in [7, 11) is 3.46. The van der Waals surface area contributed by atoms with Crippen molar-refractivity contribution in [3.63, 3.8) is 0 Å². The van der Waals surface area contributed by atoms with Gasteiger partial charge in [0.2, 0.25) is 0 Å². The molecule has 0 aliphatic carbocycles. The quantitative estimate of drug-likeness (QED) is 0.528. The van der Waals surface area contributed by atoms with E-state index < -0.39 is 0 Å². The average Bonchev–Trinajstić information content (AvgIpc) is 2.77. The summed E-state index contributed by atoms with van der Waals surface area (Å²) in [4.78, 5) is 4.15. The second-order valence-corrected chi connectivity index (χ2v) is 4.09. The second kappa shape index (κ2) is 7.46. The topological polar surface area (TPSA) is 54.9 Å². The highest BCUT2D eigenvalue weighted by Gasteiger charge is 2.15. The summed E-state index contributed by atoms with van der Waals surface area (Å²) in [5.41, 5.74) is 0. The van der Waals surface area contributed by atoms with E-state index in [2.05, 4.69) is 22.5 Å². The minimum atomic E-state index is 0.251. The maximum atomic E-state index is 5.53. The lowest BCUT2D eigenvalue weighted by atomic mass is 10.2. The van der Waals surface area contributed by atoms with Crippen molar-refractivity contribution >= 4 is 5.96 Å². The van der Waals surface area contributed by atoms with Gasteiger partial charge in [0.15, 0.2) is 5.96 Å². The summed E-state index contributed by atoms with van der Waals surface area (Å²) >= 11 is 0. The van der Waals surface area contributed by atoms with E-state index in [9.17, 15) is 0 Å². The van der Waals surface area contributed by atoms with E-state index in [4.69, 9.17) is 9.47 Å². The molecular weight excluding hydrogens is 206 g/mol. The molecule has 2 N–H and O–H groups in total. The molecule has 0 aromatic heterocycles. The molecule has 1 aliphatic rings. The smallest absolute Gasteiger partial charge is 0.191 e. The minimum Gasteiger partial charge on any atom is -0.383 e. The van der Waals surface area contributed by atoms with E-state index in [-0.39, 0.29) is 6.04 Å². The molecule has 2 atom stereocenters. The van der Waals surface area contributed by atoms with Crippen LogP contribution in [0.4, 0.5) is 0 Å². The van der Waals surface area contributed by atoms with Crippen LogP contribution in [0.15, 0.2) is 4.99 Å². The van der Waals surface area contributed by atoms with Crippen LogP contribution in [-0.4, -0.2) is 52.0 Å². The molecule has 16 heavy (non-hydrogen) atoms. The lowest BCUT2D eigenvalue weighted by Gasteiger charge is -2.18. The van der Waals surface area contributed by atoms with Gasteiger partial charge in [0, 0.05) is 33.4 Å². The summed E-state index contributed by atoms with van der Waals surface area (Å²) in [5.74, 6) is 0.806. The molecule has 1 saturated heterocycles. The second-order valence-electron chi connectivity index (χ2n) is 4.09. The molecule has 0 amide bonds. The van der Waals surface area contributed by atoms with Crippen LogP contribution in [-0.2, 0) is 9.47 Å². The molecule has 0 aromatic carbocycles. The lowest BCUT2D eigenvalue weighted by Crippen LogP contribution is -2.46. The molecule has 1 rings (SSSR count). The van der Waals surface area contributed by atoms with Crippen molar-refractivity contribution in [3.05, 3.63) is 0 Å². The highest BCUT2D eigenvalue weighted by Crippen LogP contribution is 2.10. The molecule has 1 fully saturated rings. The predicted octanol–water partition coefficient (Wildman–Crippen LogP) is 0.365. The maximum Gasteiger partial charge on any atom is 0.191 e. The number of methoxy groups -OCH3 is 1. The fourth-order valence-corrected chi connectivity index (χ4v) is 1.74. The number of nitrogens with zero attached hydrogens (tertiary/aromatic N) is 1. The monoisotopic (exact) mass is 229 g/mol. The fourth-order valence-electron chi connectivity index (χ4n) is 1.74. The van der Waals surface area contributed by atoms with Gasteiger partial charge in [-0.2, -0.15) is 0 Å². The molecule has 0 bridgehead atoms. The van der Waals surface area contributed by atoms with Gasteiger partial charge in [-0.3, -0.25) is 4.99 Å². The van der Waals surface area contributed by atoms with Gasteiger partial charge in [-0.15, -0.1) is 0 Å². The zero-order chi connectivity index (χ0) is 11.8. The SMILES string of the molecule is CN=C(NCC1CCCO1)NC(C)COC. The number of nitrogens with one attached hydrogen (secondary N) is 2. The summed E-state index contributed by atoms with van der Waals surface area (Å²) in [6.07, 6.45) is 2.63. The molecule has 0 aromatic rings. The number of ether oxygens (including phenoxy) is 2. The molecule has 1 aliphatic heterocycles. The Hall–Kier alpha value is -0.810. The molecule has 2 unspecified atom stereocenters. The van der Waals surface area contributed by atoms with Crippen molar-refractivity contribution in [2.75, 3.05) is 33.9 Å². The molecule has 1 heterocycles. The number of aliphatic imine (C=N–C) groups is 1. The van der Waals surface area contributed by atoms with Crippen LogP contribution in [0.1, 0.15) is 19.8 Å². The lowest BCUT2D eigenvalue weighted by molar-refractivity contribution is 0.113. The highest BCUT2D eigenvalue weighted by molar-refractivity contribution is 5.79. The Morgan fingerprint density at radius 2 is 2.44 bits per heavy atom. The summed E-state index contributed by atoms with van der Waals surface area (Å²) < 4.78 is 10.6. The van der Waals surface area contributed by atoms with Crippen LogP contribution in [0.5, 0.6) is 0 Å². The first-order chi connectivity index (χ1) is 7.76. The van der Waals surface area contributed by atoms with Gasteiger partial charge in [-0.25, -0.2) is 0 Å². The molecule has 0 spiro atoms. The molecule has 5 nitrogen and oxygen atoms in total. The Bertz CT molecular complexity index is 215. The Kier molecular flexibility index (Phi) is 6.18. The zero-order valence-electron chi connectivity index (χ0n) is 10.5. The first-order valence-electron chi connectivity index (χ1n) is 5.84. The van der Waals surface area contributed by atoms with Gasteiger partial charge < -0.3 is 20.1 Å². The van der Waals surface area contributed by atoms with Crippen molar-refractivity contribution in [1.29, 1.82) is 0 Å². The standard InChI is InChI=1S/C11H23N3O2/c1-9(8-15-3)14-11(12-2)13-7-10-5-4-6-16-10/h9-10H,4-8H2,1-3H3,(H2,12,13,14). The Labute approximate surface area is 97.6 Å². The van der Waals surface area contributed by atoms with Gasteiger partial charge in [0.1, 0.15) is 0 Å². The molecule has 5 heteroatoms.